The minimum Gasteiger partial charge on any atom is -0.482 e. The van der Waals surface area contributed by atoms with Gasteiger partial charge in [-0.2, -0.15) is 0 Å². The van der Waals surface area contributed by atoms with Crippen LogP contribution in [0.25, 0.3) is 0 Å². The number of carbonyl (C=O) groups excluding carboxylic acids is 3. The topological polar surface area (TPSA) is 90.9 Å². The van der Waals surface area contributed by atoms with E-state index >= 15 is 0 Å². The van der Waals surface area contributed by atoms with E-state index < -0.39 is 24.5 Å². The van der Waals surface area contributed by atoms with Crippen LogP contribution in [0.15, 0.2) is 28.7 Å². The van der Waals surface area contributed by atoms with Gasteiger partial charge in [0.05, 0.1) is 12.2 Å². The average molecular weight is 496 g/mol. The molecule has 0 saturated carbocycles. The molecule has 30 heavy (non-hydrogen) atoms. The number of hydrogen-bond acceptors (Lipinski definition) is 7. The fraction of sp³-hybridized carbons (Fsp3) is 0.381. The minimum atomic E-state index is -0.663. The zero-order valence-corrected chi connectivity index (χ0v) is 18.9. The first-order valence-corrected chi connectivity index (χ1v) is 11.2. The number of carbonyl (C=O) groups is 3. The second-order valence-corrected chi connectivity index (χ2v) is 8.61. The van der Waals surface area contributed by atoms with Gasteiger partial charge in [-0.3, -0.25) is 4.79 Å². The molecule has 1 aromatic carbocycles. The number of thiophene rings is 1. The lowest BCUT2D eigenvalue weighted by Gasteiger charge is -2.12. The van der Waals surface area contributed by atoms with Crippen LogP contribution in [-0.2, 0) is 31.9 Å². The molecule has 0 atom stereocenters. The van der Waals surface area contributed by atoms with Crippen molar-refractivity contribution < 1.29 is 28.6 Å². The summed E-state index contributed by atoms with van der Waals surface area (Å²) in [6, 6.07) is 6.99. The molecule has 1 aliphatic rings. The Morgan fingerprint density at radius 1 is 1.07 bits per heavy atom. The van der Waals surface area contributed by atoms with Gasteiger partial charge in [-0.1, -0.05) is 15.9 Å². The van der Waals surface area contributed by atoms with Crippen molar-refractivity contribution in [3.05, 3.63) is 44.7 Å². The predicted octanol–water partition coefficient (Wildman–Crippen LogP) is 4.13. The van der Waals surface area contributed by atoms with Crippen LogP contribution >= 0.6 is 27.3 Å². The van der Waals surface area contributed by atoms with Crippen molar-refractivity contribution in [3.8, 4) is 5.75 Å². The van der Waals surface area contributed by atoms with Gasteiger partial charge in [0.15, 0.2) is 13.2 Å². The molecule has 0 bridgehead atoms. The van der Waals surface area contributed by atoms with Crippen molar-refractivity contribution in [2.45, 2.75) is 32.6 Å². The molecule has 3 rings (SSSR count). The van der Waals surface area contributed by atoms with Crippen molar-refractivity contribution in [2.24, 2.45) is 0 Å². The van der Waals surface area contributed by atoms with Gasteiger partial charge < -0.3 is 19.5 Å². The van der Waals surface area contributed by atoms with Gasteiger partial charge in [-0.05, 0) is 62.4 Å². The van der Waals surface area contributed by atoms with Crippen LogP contribution in [-0.4, -0.2) is 37.7 Å². The van der Waals surface area contributed by atoms with Crippen molar-refractivity contribution in [1.29, 1.82) is 0 Å². The second-order valence-electron chi connectivity index (χ2n) is 6.59. The summed E-state index contributed by atoms with van der Waals surface area (Å²) in [5.41, 5.74) is 1.38. The number of hydrogen-bond donors (Lipinski definition) is 1. The van der Waals surface area contributed by atoms with Gasteiger partial charge in [-0.15, -0.1) is 11.3 Å². The maximum Gasteiger partial charge on any atom is 0.344 e. The lowest BCUT2D eigenvalue weighted by Crippen LogP contribution is -2.24. The Kier molecular flexibility index (Phi) is 7.87. The third-order valence-electron chi connectivity index (χ3n) is 4.44. The molecule has 0 saturated heterocycles. The zero-order chi connectivity index (χ0) is 21.5. The Morgan fingerprint density at radius 2 is 1.80 bits per heavy atom. The highest BCUT2D eigenvalue weighted by atomic mass is 79.9. The van der Waals surface area contributed by atoms with E-state index in [1.165, 1.54) is 11.3 Å². The van der Waals surface area contributed by atoms with E-state index in [0.717, 1.165) is 40.6 Å². The molecule has 7 nitrogen and oxygen atoms in total. The van der Waals surface area contributed by atoms with Crippen LogP contribution in [0.4, 0.5) is 5.00 Å². The molecule has 0 spiro atoms. The van der Waals surface area contributed by atoms with E-state index in [0.29, 0.717) is 16.3 Å². The number of anilines is 1. The van der Waals surface area contributed by atoms with Crippen LogP contribution in [0.5, 0.6) is 5.75 Å². The number of ether oxygens (including phenoxy) is 3. The molecule has 1 heterocycles. The third kappa shape index (κ3) is 5.82. The Labute approximate surface area is 186 Å². The summed E-state index contributed by atoms with van der Waals surface area (Å²) in [5.74, 6) is -1.10. The van der Waals surface area contributed by atoms with E-state index in [1.54, 1.807) is 31.2 Å². The summed E-state index contributed by atoms with van der Waals surface area (Å²) in [5, 5.41) is 3.15. The number of rotatable bonds is 8. The van der Waals surface area contributed by atoms with Gasteiger partial charge in [-0.25, -0.2) is 9.59 Å². The Bertz CT molecular complexity index is 924. The number of benzene rings is 1. The first-order valence-electron chi connectivity index (χ1n) is 9.63. The highest BCUT2D eigenvalue weighted by Crippen LogP contribution is 2.38. The maximum absolute atomic E-state index is 12.4. The van der Waals surface area contributed by atoms with Gasteiger partial charge in [0.1, 0.15) is 10.8 Å². The van der Waals surface area contributed by atoms with Crippen molar-refractivity contribution in [3.63, 3.8) is 0 Å². The summed E-state index contributed by atoms with van der Waals surface area (Å²) in [6.07, 6.45) is 3.72. The number of aryl methyl sites for hydroxylation is 1. The standard InChI is InChI=1S/C21H22BrNO6S/c1-2-27-21(26)19-15-5-3-4-6-16(15)30-20(19)23-17(24)11-29-18(25)12-28-14-9-7-13(22)8-10-14/h7-10H,2-6,11-12H2,1H3,(H,23,24). The molecule has 0 radical (unpaired) electrons. The van der Waals surface area contributed by atoms with Crippen molar-refractivity contribution >= 4 is 50.1 Å². The molecule has 0 aliphatic heterocycles. The molecule has 1 aromatic heterocycles. The molecule has 160 valence electrons. The first kappa shape index (κ1) is 22.3. The summed E-state index contributed by atoms with van der Waals surface area (Å²) >= 11 is 4.70. The van der Waals surface area contributed by atoms with Gasteiger partial charge in [0.25, 0.3) is 5.91 Å². The highest BCUT2D eigenvalue weighted by Gasteiger charge is 2.27. The van der Waals surface area contributed by atoms with E-state index in [2.05, 4.69) is 21.2 Å². The minimum absolute atomic E-state index is 0.257. The van der Waals surface area contributed by atoms with Crippen LogP contribution in [0.1, 0.15) is 40.6 Å². The second kappa shape index (κ2) is 10.6. The summed E-state index contributed by atoms with van der Waals surface area (Å²) in [6.45, 7) is 1.22. The normalized spacial score (nSPS) is 12.6. The Hall–Kier alpha value is -2.39. The van der Waals surface area contributed by atoms with E-state index in [9.17, 15) is 14.4 Å². The molecular formula is C21H22BrNO6S. The highest BCUT2D eigenvalue weighted by molar-refractivity contribution is 9.10. The molecule has 1 amide bonds. The third-order valence-corrected chi connectivity index (χ3v) is 6.17. The van der Waals surface area contributed by atoms with E-state index in [-0.39, 0.29) is 13.2 Å². The first-order chi connectivity index (χ1) is 14.5. The fourth-order valence-electron chi connectivity index (χ4n) is 3.10. The summed E-state index contributed by atoms with van der Waals surface area (Å²) in [4.78, 5) is 37.7. The number of amides is 1. The average Bonchev–Trinajstić information content (AvgIpc) is 3.09. The molecule has 1 N–H and O–H groups in total. The maximum atomic E-state index is 12.4. The Morgan fingerprint density at radius 3 is 2.53 bits per heavy atom. The predicted molar refractivity (Wildman–Crippen MR) is 116 cm³/mol. The van der Waals surface area contributed by atoms with Gasteiger partial charge in [0, 0.05) is 9.35 Å². The molecule has 0 fully saturated rings. The zero-order valence-electron chi connectivity index (χ0n) is 16.5. The van der Waals surface area contributed by atoms with Gasteiger partial charge >= 0.3 is 11.9 Å². The largest absolute Gasteiger partial charge is 0.482 e. The molecular weight excluding hydrogens is 474 g/mol. The van der Waals surface area contributed by atoms with Crippen molar-refractivity contribution in [2.75, 3.05) is 25.1 Å². The monoisotopic (exact) mass is 495 g/mol. The molecule has 0 unspecified atom stereocenters. The van der Waals surface area contributed by atoms with Crippen LogP contribution in [0.2, 0.25) is 0 Å². The van der Waals surface area contributed by atoms with Crippen LogP contribution in [0, 0.1) is 0 Å². The lowest BCUT2D eigenvalue weighted by atomic mass is 9.95. The quantitative estimate of drug-likeness (QED) is 0.553. The van der Waals surface area contributed by atoms with E-state index in [1.807, 2.05) is 0 Å². The SMILES string of the molecule is CCOC(=O)c1c(NC(=O)COC(=O)COc2ccc(Br)cc2)sc2c1CCCC2. The molecule has 2 aromatic rings. The van der Waals surface area contributed by atoms with Gasteiger partial charge in [0.2, 0.25) is 0 Å². The molecule has 1 aliphatic carbocycles. The lowest BCUT2D eigenvalue weighted by molar-refractivity contribution is -0.149. The Balaban J connectivity index is 1.55. The smallest absolute Gasteiger partial charge is 0.344 e. The number of fused-ring (bicyclic) bond motifs is 1. The number of halogens is 1. The molecule has 9 heteroatoms. The van der Waals surface area contributed by atoms with Crippen LogP contribution < -0.4 is 10.1 Å². The summed E-state index contributed by atoms with van der Waals surface area (Å²) in [7, 11) is 0. The van der Waals surface area contributed by atoms with Crippen molar-refractivity contribution in [1.82, 2.24) is 0 Å². The number of nitrogens with one attached hydrogen (secondary N) is 1. The van der Waals surface area contributed by atoms with E-state index in [4.69, 9.17) is 14.2 Å². The van der Waals surface area contributed by atoms with Crippen LogP contribution in [0.3, 0.4) is 0 Å². The fourth-order valence-corrected chi connectivity index (χ4v) is 4.65. The number of esters is 2. The summed E-state index contributed by atoms with van der Waals surface area (Å²) < 4.78 is 16.4.